The van der Waals surface area contributed by atoms with E-state index in [-0.39, 0.29) is 5.91 Å². The van der Waals surface area contributed by atoms with Crippen LogP contribution in [0.25, 0.3) is 0 Å². The van der Waals surface area contributed by atoms with E-state index in [2.05, 4.69) is 49.0 Å². The molecule has 144 valence electrons. The molecule has 25 heavy (non-hydrogen) atoms. The van der Waals surface area contributed by atoms with E-state index in [1.807, 2.05) is 0 Å². The quantitative estimate of drug-likeness (QED) is 0.276. The lowest BCUT2D eigenvalue weighted by atomic mass is 10.1. The maximum atomic E-state index is 11.1. The molecule has 0 radical (unpaired) electrons. The van der Waals surface area contributed by atoms with Crippen LogP contribution in [0.1, 0.15) is 78.6 Å². The molecule has 1 amide bonds. The monoisotopic (exact) mass is 350 g/mol. The van der Waals surface area contributed by atoms with Crippen molar-refractivity contribution < 1.29 is 9.28 Å². The van der Waals surface area contributed by atoms with Crippen LogP contribution in [0.5, 0.6) is 0 Å². The lowest BCUT2D eigenvalue weighted by Crippen LogP contribution is -2.55. The summed E-state index contributed by atoms with van der Waals surface area (Å²) in [6, 6.07) is 0. The molecule has 1 heterocycles. The maximum absolute atomic E-state index is 11.1. The summed E-state index contributed by atoms with van der Waals surface area (Å²) in [5.74, 6) is 0.0572. The lowest BCUT2D eigenvalue weighted by Gasteiger charge is -2.37. The number of hydrogen-bond donors (Lipinski definition) is 2. The van der Waals surface area contributed by atoms with Gasteiger partial charge in [-0.15, -0.1) is 0 Å². The summed E-state index contributed by atoms with van der Waals surface area (Å²) in [5.41, 5.74) is 0. The summed E-state index contributed by atoms with van der Waals surface area (Å²) in [7, 11) is 0. The van der Waals surface area contributed by atoms with Gasteiger partial charge in [0.15, 0.2) is 6.17 Å². The Morgan fingerprint density at radius 2 is 1.84 bits per heavy atom. The van der Waals surface area contributed by atoms with Crippen LogP contribution in [0, 0.1) is 0 Å². The van der Waals surface area contributed by atoms with Crippen LogP contribution in [-0.4, -0.2) is 36.2 Å². The molecule has 0 spiro atoms. The SMILES string of the molecule is CCCCCCC/C=C/CCCC1NC=C[N+]1(CC)CCNC(C)=O. The van der Waals surface area contributed by atoms with Crippen molar-refractivity contribution in [2.45, 2.75) is 84.7 Å². The fraction of sp³-hybridized carbons (Fsp3) is 0.762. The number of unbranched alkanes of at least 4 members (excludes halogenated alkanes) is 6. The first-order valence-corrected chi connectivity index (χ1v) is 10.3. The Kier molecular flexibility index (Phi) is 11.3. The second-order valence-electron chi connectivity index (χ2n) is 7.23. The summed E-state index contributed by atoms with van der Waals surface area (Å²) in [6.45, 7) is 8.84. The summed E-state index contributed by atoms with van der Waals surface area (Å²) < 4.78 is 0.932. The molecule has 0 saturated carbocycles. The minimum absolute atomic E-state index is 0.0572. The summed E-state index contributed by atoms with van der Waals surface area (Å²) >= 11 is 0. The molecule has 0 aromatic carbocycles. The van der Waals surface area contributed by atoms with Crippen LogP contribution in [-0.2, 0) is 4.79 Å². The smallest absolute Gasteiger partial charge is 0.217 e. The third-order valence-electron chi connectivity index (χ3n) is 5.26. The van der Waals surface area contributed by atoms with E-state index < -0.39 is 0 Å². The number of carbonyl (C=O) groups excluding carboxylic acids is 1. The molecule has 0 bridgehead atoms. The van der Waals surface area contributed by atoms with E-state index in [1.165, 1.54) is 57.8 Å². The Hall–Kier alpha value is -1.29. The van der Waals surface area contributed by atoms with Gasteiger partial charge in [-0.05, 0) is 32.6 Å². The van der Waals surface area contributed by atoms with Crippen molar-refractivity contribution in [1.29, 1.82) is 0 Å². The van der Waals surface area contributed by atoms with E-state index in [0.29, 0.717) is 6.17 Å². The highest BCUT2D eigenvalue weighted by Crippen LogP contribution is 2.22. The second-order valence-corrected chi connectivity index (χ2v) is 7.23. The molecule has 2 unspecified atom stereocenters. The average molecular weight is 351 g/mol. The molecule has 1 aliphatic rings. The number of carbonyl (C=O) groups is 1. The normalized spacial score (nSPS) is 22.4. The van der Waals surface area contributed by atoms with Gasteiger partial charge in [-0.1, -0.05) is 44.8 Å². The van der Waals surface area contributed by atoms with Gasteiger partial charge in [0.05, 0.1) is 19.3 Å². The number of quaternary nitrogens is 1. The number of rotatable bonds is 14. The van der Waals surface area contributed by atoms with Crippen molar-refractivity contribution in [2.75, 3.05) is 19.6 Å². The van der Waals surface area contributed by atoms with Gasteiger partial charge in [-0.25, -0.2) is 0 Å². The van der Waals surface area contributed by atoms with Crippen molar-refractivity contribution in [1.82, 2.24) is 10.6 Å². The van der Waals surface area contributed by atoms with Gasteiger partial charge in [-0.3, -0.25) is 9.28 Å². The van der Waals surface area contributed by atoms with Crippen molar-refractivity contribution >= 4 is 5.91 Å². The molecular weight excluding hydrogens is 310 g/mol. The Labute approximate surface area is 155 Å². The van der Waals surface area contributed by atoms with Gasteiger partial charge in [0.1, 0.15) is 12.7 Å². The fourth-order valence-corrected chi connectivity index (χ4v) is 3.58. The van der Waals surface area contributed by atoms with Crippen LogP contribution >= 0.6 is 0 Å². The molecule has 0 saturated heterocycles. The molecule has 0 aromatic heterocycles. The Bertz CT molecular complexity index is 419. The van der Waals surface area contributed by atoms with E-state index in [4.69, 9.17) is 0 Å². The first-order valence-electron chi connectivity index (χ1n) is 10.3. The summed E-state index contributed by atoms with van der Waals surface area (Å²) in [6.07, 6.45) is 21.1. The Morgan fingerprint density at radius 3 is 2.52 bits per heavy atom. The third-order valence-corrected chi connectivity index (χ3v) is 5.26. The highest BCUT2D eigenvalue weighted by molar-refractivity contribution is 5.72. The lowest BCUT2D eigenvalue weighted by molar-refractivity contribution is -0.898. The molecule has 0 fully saturated rings. The predicted octanol–water partition coefficient (Wildman–Crippen LogP) is 4.45. The van der Waals surface area contributed by atoms with Gasteiger partial charge in [0.2, 0.25) is 5.91 Å². The van der Waals surface area contributed by atoms with Gasteiger partial charge in [-0.2, -0.15) is 0 Å². The van der Waals surface area contributed by atoms with Crippen LogP contribution < -0.4 is 10.6 Å². The van der Waals surface area contributed by atoms with Crippen LogP contribution in [0.15, 0.2) is 24.6 Å². The van der Waals surface area contributed by atoms with Gasteiger partial charge in [0.25, 0.3) is 0 Å². The Morgan fingerprint density at radius 1 is 1.12 bits per heavy atom. The van der Waals surface area contributed by atoms with E-state index >= 15 is 0 Å². The average Bonchev–Trinajstić information content (AvgIpc) is 2.99. The Balaban J connectivity index is 2.20. The standard InChI is InChI=1S/C21H39N3O/c1-4-6-7-8-9-10-11-12-13-14-15-21-23-17-19-24(21,5-2)18-16-22-20(3)25/h11-12,17,19,21,23H,4-10,13-16,18H2,1-3H3/p+1/b12-11+. The molecule has 0 aliphatic carbocycles. The number of allylic oxidation sites excluding steroid dienone is 2. The van der Waals surface area contributed by atoms with Gasteiger partial charge in [0, 0.05) is 13.3 Å². The van der Waals surface area contributed by atoms with E-state index in [1.54, 1.807) is 6.92 Å². The van der Waals surface area contributed by atoms with Crippen molar-refractivity contribution in [3.63, 3.8) is 0 Å². The molecule has 4 heteroatoms. The zero-order valence-electron chi connectivity index (χ0n) is 16.7. The number of nitrogens with one attached hydrogen (secondary N) is 2. The third kappa shape index (κ3) is 8.57. The maximum Gasteiger partial charge on any atom is 0.217 e. The van der Waals surface area contributed by atoms with Crippen LogP contribution in [0.3, 0.4) is 0 Å². The largest absolute Gasteiger partial charge is 0.351 e. The number of nitrogens with zero attached hydrogens (tertiary/aromatic N) is 1. The summed E-state index contributed by atoms with van der Waals surface area (Å²) in [5, 5.41) is 6.46. The molecule has 2 N–H and O–H groups in total. The number of hydrogen-bond acceptors (Lipinski definition) is 2. The zero-order valence-corrected chi connectivity index (χ0v) is 16.7. The molecular formula is C21H40N3O+. The zero-order chi connectivity index (χ0) is 18.4. The minimum atomic E-state index is 0.0572. The summed E-state index contributed by atoms with van der Waals surface area (Å²) in [4.78, 5) is 11.1. The molecule has 0 aromatic rings. The number of amides is 1. The molecule has 2 atom stereocenters. The first kappa shape index (κ1) is 21.8. The van der Waals surface area contributed by atoms with E-state index in [9.17, 15) is 4.79 Å². The van der Waals surface area contributed by atoms with Crippen LogP contribution in [0.2, 0.25) is 0 Å². The highest BCUT2D eigenvalue weighted by Gasteiger charge is 2.35. The second kappa shape index (κ2) is 13.0. The van der Waals surface area contributed by atoms with Crippen LogP contribution in [0.4, 0.5) is 0 Å². The highest BCUT2D eigenvalue weighted by atomic mass is 16.1. The van der Waals surface area contributed by atoms with Gasteiger partial charge < -0.3 is 10.6 Å². The minimum Gasteiger partial charge on any atom is -0.351 e. The molecule has 1 rings (SSSR count). The topological polar surface area (TPSA) is 41.1 Å². The van der Waals surface area contributed by atoms with E-state index in [0.717, 1.165) is 24.1 Å². The molecule has 1 aliphatic heterocycles. The predicted molar refractivity (Wildman–Crippen MR) is 107 cm³/mol. The first-order chi connectivity index (χ1) is 12.1. The fourth-order valence-electron chi connectivity index (χ4n) is 3.58. The van der Waals surface area contributed by atoms with Gasteiger partial charge >= 0.3 is 0 Å². The van der Waals surface area contributed by atoms with Crippen molar-refractivity contribution in [3.05, 3.63) is 24.6 Å². The number of likely N-dealkylation sites (N-methyl/N-ethyl adjacent to an activating group) is 1. The van der Waals surface area contributed by atoms with Crippen molar-refractivity contribution in [2.24, 2.45) is 0 Å². The van der Waals surface area contributed by atoms with Crippen molar-refractivity contribution in [3.8, 4) is 0 Å². The molecule has 4 nitrogen and oxygen atoms in total.